The molecule has 1 fully saturated rings. The van der Waals surface area contributed by atoms with Crippen LogP contribution in [0.25, 0.3) is 16.7 Å². The minimum Gasteiger partial charge on any atom is -0.473 e. The first-order valence-corrected chi connectivity index (χ1v) is 10.9. The topological polar surface area (TPSA) is 99.0 Å². The lowest BCUT2D eigenvalue weighted by Crippen LogP contribution is -2.44. The summed E-state index contributed by atoms with van der Waals surface area (Å²) in [6.07, 6.45) is 1.05. The molecule has 3 heterocycles. The molecule has 1 aliphatic rings. The van der Waals surface area contributed by atoms with E-state index in [0.717, 1.165) is 11.0 Å². The van der Waals surface area contributed by atoms with Crippen molar-refractivity contribution in [2.24, 2.45) is 0 Å². The molecule has 1 aliphatic heterocycles. The van der Waals surface area contributed by atoms with E-state index in [1.807, 2.05) is 51.1 Å². The number of hydrogen-bond acceptors (Lipinski definition) is 8. The number of rotatable bonds is 6. The Labute approximate surface area is 192 Å². The Morgan fingerprint density at radius 1 is 1.12 bits per heavy atom. The first kappa shape index (κ1) is 22.4. The van der Waals surface area contributed by atoms with Crippen molar-refractivity contribution in [2.45, 2.75) is 45.3 Å². The molecule has 2 aromatic heterocycles. The van der Waals surface area contributed by atoms with E-state index in [1.54, 1.807) is 17.0 Å². The SMILES string of the molecule is C=C(NOc1ccc(OC2CCN(C(=O)OC(C)(C)C)CC2)nn1)c1cc2ccccc2o1. The van der Waals surface area contributed by atoms with Gasteiger partial charge in [-0.15, -0.1) is 10.2 Å². The minimum atomic E-state index is -0.503. The predicted molar refractivity (Wildman–Crippen MR) is 123 cm³/mol. The Kier molecular flexibility index (Phi) is 6.39. The van der Waals surface area contributed by atoms with E-state index in [9.17, 15) is 4.79 Å². The molecule has 0 aliphatic carbocycles. The Bertz CT molecular complexity index is 1080. The van der Waals surface area contributed by atoms with Crippen molar-refractivity contribution in [2.75, 3.05) is 13.1 Å². The van der Waals surface area contributed by atoms with E-state index in [2.05, 4.69) is 22.3 Å². The highest BCUT2D eigenvalue weighted by atomic mass is 16.7. The Morgan fingerprint density at radius 2 is 1.82 bits per heavy atom. The van der Waals surface area contributed by atoms with Gasteiger partial charge < -0.3 is 23.6 Å². The fourth-order valence-electron chi connectivity index (χ4n) is 3.37. The molecule has 0 unspecified atom stereocenters. The Hall–Kier alpha value is -3.75. The largest absolute Gasteiger partial charge is 0.473 e. The van der Waals surface area contributed by atoms with Crippen molar-refractivity contribution in [3.63, 3.8) is 0 Å². The molecule has 0 saturated carbocycles. The van der Waals surface area contributed by atoms with Crippen molar-refractivity contribution < 1.29 is 23.5 Å². The number of benzene rings is 1. The molecule has 1 saturated heterocycles. The third-order valence-electron chi connectivity index (χ3n) is 5.00. The number of fused-ring (bicyclic) bond motifs is 1. The number of ether oxygens (including phenoxy) is 2. The van der Waals surface area contributed by atoms with Gasteiger partial charge in [-0.25, -0.2) is 10.3 Å². The number of piperidine rings is 1. The molecule has 4 rings (SSSR count). The fourth-order valence-corrected chi connectivity index (χ4v) is 3.37. The maximum Gasteiger partial charge on any atom is 0.410 e. The second-order valence-electron chi connectivity index (χ2n) is 8.83. The van der Waals surface area contributed by atoms with Gasteiger partial charge >= 0.3 is 6.09 Å². The molecule has 3 aromatic rings. The van der Waals surface area contributed by atoms with Crippen LogP contribution in [0.4, 0.5) is 4.79 Å². The second kappa shape index (κ2) is 9.40. The number of likely N-dealkylation sites (tertiary alicyclic amines) is 1. The number of hydrogen-bond donors (Lipinski definition) is 1. The first-order valence-electron chi connectivity index (χ1n) is 10.9. The van der Waals surface area contributed by atoms with Crippen LogP contribution in [0.15, 0.2) is 53.5 Å². The van der Waals surface area contributed by atoms with E-state index in [0.29, 0.717) is 43.3 Å². The predicted octanol–water partition coefficient (Wildman–Crippen LogP) is 4.56. The molecule has 174 valence electrons. The minimum absolute atomic E-state index is 0.0456. The number of carbonyl (C=O) groups is 1. The zero-order valence-electron chi connectivity index (χ0n) is 19.0. The van der Waals surface area contributed by atoms with Gasteiger partial charge in [0.25, 0.3) is 5.88 Å². The zero-order chi connectivity index (χ0) is 23.4. The lowest BCUT2D eigenvalue weighted by molar-refractivity contribution is 0.0122. The van der Waals surface area contributed by atoms with E-state index in [4.69, 9.17) is 18.7 Å². The van der Waals surface area contributed by atoms with E-state index in [1.165, 1.54) is 0 Å². The molecule has 1 amide bonds. The number of carbonyl (C=O) groups excluding carboxylic acids is 1. The van der Waals surface area contributed by atoms with Crippen LogP contribution in [0.1, 0.15) is 39.4 Å². The van der Waals surface area contributed by atoms with Crippen molar-refractivity contribution in [1.29, 1.82) is 0 Å². The van der Waals surface area contributed by atoms with Crippen molar-refractivity contribution >= 4 is 22.8 Å². The van der Waals surface area contributed by atoms with Crippen LogP contribution in [-0.4, -0.2) is 46.0 Å². The average Bonchev–Trinajstić information content (AvgIpc) is 3.22. The van der Waals surface area contributed by atoms with Crippen LogP contribution in [0.2, 0.25) is 0 Å². The third-order valence-corrected chi connectivity index (χ3v) is 5.00. The van der Waals surface area contributed by atoms with Crippen LogP contribution in [-0.2, 0) is 4.74 Å². The first-order chi connectivity index (χ1) is 15.8. The van der Waals surface area contributed by atoms with Crippen molar-refractivity contribution in [1.82, 2.24) is 20.6 Å². The quantitative estimate of drug-likeness (QED) is 0.544. The number of hydroxylamine groups is 1. The lowest BCUT2D eigenvalue weighted by atomic mass is 10.1. The normalized spacial score (nSPS) is 14.7. The summed E-state index contributed by atoms with van der Waals surface area (Å²) in [4.78, 5) is 19.3. The van der Waals surface area contributed by atoms with Gasteiger partial charge in [-0.2, -0.15) is 0 Å². The van der Waals surface area contributed by atoms with Crippen molar-refractivity contribution in [3.05, 3.63) is 54.8 Å². The molecule has 33 heavy (non-hydrogen) atoms. The summed E-state index contributed by atoms with van der Waals surface area (Å²) in [5.41, 5.74) is 3.46. The third kappa shape index (κ3) is 5.94. The average molecular weight is 453 g/mol. The fraction of sp³-hybridized carbons (Fsp3) is 0.375. The van der Waals surface area contributed by atoms with Crippen LogP contribution in [0.3, 0.4) is 0 Å². The second-order valence-corrected chi connectivity index (χ2v) is 8.83. The maximum atomic E-state index is 12.2. The Balaban J connectivity index is 1.23. The molecule has 9 heteroatoms. The lowest BCUT2D eigenvalue weighted by Gasteiger charge is -2.33. The molecular weight excluding hydrogens is 424 g/mol. The van der Waals surface area contributed by atoms with Crippen molar-refractivity contribution in [3.8, 4) is 11.8 Å². The van der Waals surface area contributed by atoms with Gasteiger partial charge in [0, 0.05) is 43.5 Å². The van der Waals surface area contributed by atoms with Gasteiger partial charge in [-0.05, 0) is 32.9 Å². The molecular formula is C24H28N4O5. The van der Waals surface area contributed by atoms with E-state index >= 15 is 0 Å². The molecule has 0 atom stereocenters. The maximum absolute atomic E-state index is 12.2. The number of nitrogens with one attached hydrogen (secondary N) is 1. The highest BCUT2D eigenvalue weighted by molar-refractivity contribution is 5.81. The summed E-state index contributed by atoms with van der Waals surface area (Å²) < 4.78 is 17.1. The number of para-hydroxylation sites is 1. The summed E-state index contributed by atoms with van der Waals surface area (Å²) in [6.45, 7) is 10.6. The van der Waals surface area contributed by atoms with Gasteiger partial charge in [0.2, 0.25) is 5.88 Å². The molecule has 9 nitrogen and oxygen atoms in total. The summed E-state index contributed by atoms with van der Waals surface area (Å²) in [5.74, 6) is 1.23. The highest BCUT2D eigenvalue weighted by Crippen LogP contribution is 2.23. The molecule has 0 bridgehead atoms. The van der Waals surface area contributed by atoms with Gasteiger partial charge in [-0.3, -0.25) is 0 Å². The Morgan fingerprint density at radius 3 is 2.48 bits per heavy atom. The summed E-state index contributed by atoms with van der Waals surface area (Å²) in [6, 6.07) is 12.9. The number of furan rings is 1. The van der Waals surface area contributed by atoms with Gasteiger partial charge in [-0.1, -0.05) is 24.8 Å². The number of nitrogens with zero attached hydrogens (tertiary/aromatic N) is 3. The van der Waals surface area contributed by atoms with E-state index < -0.39 is 5.60 Å². The smallest absolute Gasteiger partial charge is 0.410 e. The number of amides is 1. The van der Waals surface area contributed by atoms with Crippen LogP contribution in [0, 0.1) is 0 Å². The van der Waals surface area contributed by atoms with Gasteiger partial charge in [0.05, 0.1) is 0 Å². The summed E-state index contributed by atoms with van der Waals surface area (Å²) in [7, 11) is 0. The highest BCUT2D eigenvalue weighted by Gasteiger charge is 2.27. The molecule has 0 spiro atoms. The summed E-state index contributed by atoms with van der Waals surface area (Å²) in [5, 5.41) is 9.07. The van der Waals surface area contributed by atoms with Crippen LogP contribution >= 0.6 is 0 Å². The van der Waals surface area contributed by atoms with E-state index in [-0.39, 0.29) is 18.1 Å². The molecule has 1 aromatic carbocycles. The summed E-state index contributed by atoms with van der Waals surface area (Å²) >= 11 is 0. The van der Waals surface area contributed by atoms with Gasteiger partial charge in [0.15, 0.2) is 5.76 Å². The monoisotopic (exact) mass is 452 g/mol. The molecule has 0 radical (unpaired) electrons. The number of aromatic nitrogens is 2. The zero-order valence-corrected chi connectivity index (χ0v) is 19.0. The standard InChI is InChI=1S/C24H28N4O5/c1-16(20-15-17-7-5-6-8-19(17)31-20)27-33-22-10-9-21(25-26-22)30-18-11-13-28(14-12-18)23(29)32-24(2,3)4/h5-10,15,18,27H,1,11-14H2,2-4H3. The molecule has 1 N–H and O–H groups in total. The van der Waals surface area contributed by atoms with Gasteiger partial charge in [0.1, 0.15) is 23.0 Å². The van der Waals surface area contributed by atoms with Crippen LogP contribution in [0.5, 0.6) is 11.8 Å². The van der Waals surface area contributed by atoms with Crippen LogP contribution < -0.4 is 15.1 Å².